The lowest BCUT2D eigenvalue weighted by atomic mass is 9.96. The number of carbonyl (C=O) groups is 1. The van der Waals surface area contributed by atoms with Crippen LogP contribution in [0, 0.1) is 18.6 Å². The molecule has 0 saturated carbocycles. The second-order valence-corrected chi connectivity index (χ2v) is 10.0. The number of esters is 1. The van der Waals surface area contributed by atoms with Gasteiger partial charge < -0.3 is 24.2 Å². The lowest BCUT2D eigenvalue weighted by molar-refractivity contribution is -0.141. The maximum atomic E-state index is 15.2. The van der Waals surface area contributed by atoms with E-state index in [-0.39, 0.29) is 35.3 Å². The van der Waals surface area contributed by atoms with Crippen molar-refractivity contribution < 1.29 is 36.2 Å². The summed E-state index contributed by atoms with van der Waals surface area (Å²) in [6.07, 6.45) is -4.96. The zero-order chi connectivity index (χ0) is 30.2. The minimum atomic E-state index is -4.66. The Hall–Kier alpha value is -4.35. The van der Waals surface area contributed by atoms with Gasteiger partial charge in [-0.1, -0.05) is 18.2 Å². The molecule has 0 amide bonds. The lowest BCUT2D eigenvalue weighted by Gasteiger charge is -2.45. The van der Waals surface area contributed by atoms with Crippen LogP contribution < -0.4 is 14.5 Å². The summed E-state index contributed by atoms with van der Waals surface area (Å²) in [6.45, 7) is 3.42. The van der Waals surface area contributed by atoms with Crippen molar-refractivity contribution in [2.24, 2.45) is 4.99 Å². The summed E-state index contributed by atoms with van der Waals surface area (Å²) in [6, 6.07) is 10.9. The van der Waals surface area contributed by atoms with E-state index in [1.807, 2.05) is 16.7 Å². The van der Waals surface area contributed by atoms with Gasteiger partial charge >= 0.3 is 12.1 Å². The van der Waals surface area contributed by atoms with Gasteiger partial charge in [-0.05, 0) is 48.9 Å². The molecule has 0 aliphatic carbocycles. The van der Waals surface area contributed by atoms with Crippen LogP contribution in [0.15, 0.2) is 59.6 Å². The summed E-state index contributed by atoms with van der Waals surface area (Å²) < 4.78 is 81.3. The Kier molecular flexibility index (Phi) is 7.98. The molecular weight excluding hydrogens is 559 g/mol. The number of ether oxygens (including phenoxy) is 2. The van der Waals surface area contributed by atoms with Gasteiger partial charge in [0, 0.05) is 37.4 Å². The van der Waals surface area contributed by atoms with Gasteiger partial charge in [-0.3, -0.25) is 4.79 Å². The zero-order valence-corrected chi connectivity index (χ0v) is 23.2. The molecule has 42 heavy (non-hydrogen) atoms. The maximum absolute atomic E-state index is 15.2. The smallest absolute Gasteiger partial charge is 0.416 e. The van der Waals surface area contributed by atoms with Gasteiger partial charge in [0.2, 0.25) is 5.96 Å². The average molecular weight is 589 g/mol. The lowest BCUT2D eigenvalue weighted by Crippen LogP contribution is -2.55. The van der Waals surface area contributed by atoms with Crippen LogP contribution in [0.5, 0.6) is 5.75 Å². The molecule has 2 aliphatic rings. The number of halogens is 5. The Morgan fingerprint density at radius 2 is 1.67 bits per heavy atom. The standard InChI is InChI=1S/C30H29F5N4O3/c1-18-7-9-20(31)16-23(18)37-11-13-38(14-12-37)29-36-28-21(5-4-6-22(28)32)24(17-27(40)42-3)39(29)25-15-19(30(33,34)35)8-10-26(25)41-2/h4-10,15-16,24H,11-14,17H2,1-3H3. The highest BCUT2D eigenvalue weighted by Gasteiger charge is 2.40. The molecule has 0 bridgehead atoms. The molecule has 0 N–H and O–H groups in total. The number of aryl methyl sites for hydroxylation is 1. The van der Waals surface area contributed by atoms with Crippen LogP contribution in [-0.2, 0) is 15.7 Å². The van der Waals surface area contributed by atoms with Crippen molar-refractivity contribution in [3.63, 3.8) is 0 Å². The molecule has 1 saturated heterocycles. The van der Waals surface area contributed by atoms with Crippen LogP contribution in [0.25, 0.3) is 0 Å². The predicted molar refractivity (Wildman–Crippen MR) is 148 cm³/mol. The molecular formula is C30H29F5N4O3. The normalized spacial score (nSPS) is 17.1. The van der Waals surface area contributed by atoms with Crippen LogP contribution in [-0.4, -0.2) is 57.2 Å². The average Bonchev–Trinajstić information content (AvgIpc) is 2.97. The fourth-order valence-corrected chi connectivity index (χ4v) is 5.42. The molecule has 3 aromatic rings. The number of aliphatic imine (C=N–C) groups is 1. The van der Waals surface area contributed by atoms with Gasteiger partial charge in [0.05, 0.1) is 37.9 Å². The van der Waals surface area contributed by atoms with Crippen molar-refractivity contribution in [1.29, 1.82) is 0 Å². The molecule has 1 unspecified atom stereocenters. The molecule has 5 rings (SSSR count). The molecule has 2 aliphatic heterocycles. The monoisotopic (exact) mass is 588 g/mol. The van der Waals surface area contributed by atoms with Crippen LogP contribution >= 0.6 is 0 Å². The highest BCUT2D eigenvalue weighted by molar-refractivity contribution is 6.02. The Morgan fingerprint density at radius 1 is 0.952 bits per heavy atom. The highest BCUT2D eigenvalue weighted by Crippen LogP contribution is 2.46. The molecule has 2 heterocycles. The third-order valence-corrected chi connectivity index (χ3v) is 7.54. The van der Waals surface area contributed by atoms with E-state index < -0.39 is 29.6 Å². The number of methoxy groups -OCH3 is 2. The highest BCUT2D eigenvalue weighted by atomic mass is 19.4. The number of anilines is 2. The number of nitrogens with zero attached hydrogens (tertiary/aromatic N) is 4. The summed E-state index contributed by atoms with van der Waals surface area (Å²) >= 11 is 0. The number of guanidine groups is 1. The fourth-order valence-electron chi connectivity index (χ4n) is 5.42. The van der Waals surface area contributed by atoms with E-state index >= 15 is 4.39 Å². The number of hydrogen-bond donors (Lipinski definition) is 0. The second-order valence-electron chi connectivity index (χ2n) is 10.0. The Bertz CT molecular complexity index is 1520. The molecule has 7 nitrogen and oxygen atoms in total. The minimum absolute atomic E-state index is 0.00741. The number of piperazine rings is 1. The molecule has 222 valence electrons. The van der Waals surface area contributed by atoms with Crippen molar-refractivity contribution in [3.05, 3.63) is 82.9 Å². The van der Waals surface area contributed by atoms with E-state index in [9.17, 15) is 22.4 Å². The Morgan fingerprint density at radius 3 is 2.33 bits per heavy atom. The number of benzene rings is 3. The van der Waals surface area contributed by atoms with E-state index in [0.717, 1.165) is 23.4 Å². The first-order valence-electron chi connectivity index (χ1n) is 13.3. The zero-order valence-electron chi connectivity index (χ0n) is 23.2. The van der Waals surface area contributed by atoms with E-state index in [0.29, 0.717) is 31.7 Å². The van der Waals surface area contributed by atoms with Crippen LogP contribution in [0.2, 0.25) is 0 Å². The van der Waals surface area contributed by atoms with Gasteiger partial charge in [0.1, 0.15) is 23.1 Å². The van der Waals surface area contributed by atoms with Crippen molar-refractivity contribution in [3.8, 4) is 5.75 Å². The number of hydrogen-bond acceptors (Lipinski definition) is 7. The molecule has 12 heteroatoms. The van der Waals surface area contributed by atoms with Crippen LogP contribution in [0.3, 0.4) is 0 Å². The number of alkyl halides is 3. The third kappa shape index (κ3) is 5.57. The van der Waals surface area contributed by atoms with Crippen molar-refractivity contribution in [1.82, 2.24) is 4.90 Å². The SMILES string of the molecule is COC(=O)CC1c2cccc(F)c2N=C(N2CCN(c3cc(F)ccc3C)CC2)N1c1cc(C(F)(F)F)ccc1OC. The van der Waals surface area contributed by atoms with Crippen LogP contribution in [0.4, 0.5) is 39.0 Å². The van der Waals surface area contributed by atoms with E-state index in [1.165, 1.54) is 49.5 Å². The minimum Gasteiger partial charge on any atom is -0.495 e. The molecule has 1 fully saturated rings. The van der Waals surface area contributed by atoms with Crippen LogP contribution in [0.1, 0.15) is 29.2 Å². The van der Waals surface area contributed by atoms with E-state index in [4.69, 9.17) is 9.47 Å². The number of para-hydroxylation sites is 1. The van der Waals surface area contributed by atoms with Gasteiger partial charge in [0.15, 0.2) is 0 Å². The number of carbonyl (C=O) groups excluding carboxylic acids is 1. The summed E-state index contributed by atoms with van der Waals surface area (Å²) in [5.41, 5.74) is 1.02. The predicted octanol–water partition coefficient (Wildman–Crippen LogP) is 6.23. The fraction of sp³-hybridized carbons (Fsp3) is 0.333. The third-order valence-electron chi connectivity index (χ3n) is 7.54. The Balaban J connectivity index is 1.63. The van der Waals surface area contributed by atoms with E-state index in [1.54, 1.807) is 12.1 Å². The summed E-state index contributed by atoms with van der Waals surface area (Å²) in [7, 11) is 2.53. The first-order chi connectivity index (χ1) is 20.0. The van der Waals surface area contributed by atoms with Crippen molar-refractivity contribution in [2.45, 2.75) is 25.6 Å². The number of rotatable bonds is 5. The Labute approximate surface area is 239 Å². The van der Waals surface area contributed by atoms with Gasteiger partial charge in [-0.2, -0.15) is 13.2 Å². The summed E-state index contributed by atoms with van der Waals surface area (Å²) in [5.74, 6) is -1.37. The van der Waals surface area contributed by atoms with Gasteiger partial charge in [-0.15, -0.1) is 0 Å². The molecule has 0 aromatic heterocycles. The van der Waals surface area contributed by atoms with Crippen molar-refractivity contribution in [2.75, 3.05) is 50.2 Å². The van der Waals surface area contributed by atoms with Gasteiger partial charge in [-0.25, -0.2) is 13.8 Å². The van der Waals surface area contributed by atoms with E-state index in [2.05, 4.69) is 4.99 Å². The topological polar surface area (TPSA) is 57.6 Å². The first kappa shape index (κ1) is 29.2. The maximum Gasteiger partial charge on any atom is 0.416 e. The molecule has 0 spiro atoms. The molecule has 3 aromatic carbocycles. The first-order valence-corrected chi connectivity index (χ1v) is 13.3. The van der Waals surface area contributed by atoms with Crippen molar-refractivity contribution >= 4 is 29.0 Å². The van der Waals surface area contributed by atoms with Gasteiger partial charge in [0.25, 0.3) is 0 Å². The molecule has 1 atom stereocenters. The summed E-state index contributed by atoms with van der Waals surface area (Å²) in [5, 5.41) is 0. The molecule has 0 radical (unpaired) electrons. The second kappa shape index (κ2) is 11.5. The summed E-state index contributed by atoms with van der Waals surface area (Å²) in [4.78, 5) is 22.6. The quantitative estimate of drug-likeness (QED) is 0.260. The largest absolute Gasteiger partial charge is 0.495 e. The number of fused-ring (bicyclic) bond motifs is 1.